The van der Waals surface area contributed by atoms with Crippen molar-refractivity contribution in [3.8, 4) is 5.69 Å². The first-order chi connectivity index (χ1) is 8.63. The summed E-state index contributed by atoms with van der Waals surface area (Å²) >= 11 is 0. The molecule has 0 aliphatic carbocycles. The van der Waals surface area contributed by atoms with Crippen LogP contribution < -0.4 is 16.5 Å². The van der Waals surface area contributed by atoms with Gasteiger partial charge in [-0.05, 0) is 25.0 Å². The molecule has 18 heavy (non-hydrogen) atoms. The third kappa shape index (κ3) is 2.23. The van der Waals surface area contributed by atoms with Gasteiger partial charge in [0.15, 0.2) is 0 Å². The number of rotatable bonds is 3. The number of hydrogen-bond acceptors (Lipinski definition) is 5. The van der Waals surface area contributed by atoms with Crippen LogP contribution in [0.2, 0.25) is 0 Å². The number of nitrogens with one attached hydrogen (secondary N) is 2. The van der Waals surface area contributed by atoms with Gasteiger partial charge < -0.3 is 0 Å². The van der Waals surface area contributed by atoms with Crippen molar-refractivity contribution in [1.29, 1.82) is 0 Å². The second-order valence-electron chi connectivity index (χ2n) is 3.95. The molecule has 0 spiro atoms. The minimum absolute atomic E-state index is 0.255. The summed E-state index contributed by atoms with van der Waals surface area (Å²) in [7, 11) is 1.68. The molecule has 1 heterocycles. The van der Waals surface area contributed by atoms with E-state index in [-0.39, 0.29) is 11.6 Å². The Balaban J connectivity index is 2.55. The predicted molar refractivity (Wildman–Crippen MR) is 69.8 cm³/mol. The molecule has 0 radical (unpaired) electrons. The highest BCUT2D eigenvalue weighted by Crippen LogP contribution is 2.16. The fourth-order valence-electron chi connectivity index (χ4n) is 1.85. The van der Waals surface area contributed by atoms with E-state index in [2.05, 4.69) is 20.8 Å². The molecule has 0 unspecified atom stereocenters. The van der Waals surface area contributed by atoms with E-state index < -0.39 is 0 Å². The second-order valence-corrected chi connectivity index (χ2v) is 3.95. The Hall–Kier alpha value is -2.21. The van der Waals surface area contributed by atoms with Crippen LogP contribution in [0.4, 0.5) is 5.95 Å². The fraction of sp³-hybridized carbons (Fsp3) is 0.250. The minimum atomic E-state index is -0.361. The molecule has 94 valence electrons. The van der Waals surface area contributed by atoms with E-state index in [0.29, 0.717) is 0 Å². The number of aryl methyl sites for hydroxylation is 2. The standard InChI is InChI=1S/C12H15N5O/c1-8-5-4-6-9(2)10(8)17-7-14-11(16-13-3)15-12(17)18/h4-7,13H,1-3H3,(H,15,16,18). The van der Waals surface area contributed by atoms with Gasteiger partial charge in [0, 0.05) is 7.05 Å². The lowest BCUT2D eigenvalue weighted by Crippen LogP contribution is -2.27. The van der Waals surface area contributed by atoms with Gasteiger partial charge in [0.05, 0.1) is 5.69 Å². The lowest BCUT2D eigenvalue weighted by molar-refractivity contribution is 0.828. The number of nitrogens with zero attached hydrogens (tertiary/aromatic N) is 3. The molecule has 2 N–H and O–H groups in total. The molecule has 0 bridgehead atoms. The summed E-state index contributed by atoms with van der Waals surface area (Å²) in [6, 6.07) is 5.86. The molecule has 1 aromatic heterocycles. The smallest absolute Gasteiger partial charge is 0.290 e. The van der Waals surface area contributed by atoms with Gasteiger partial charge in [-0.15, -0.1) is 0 Å². The van der Waals surface area contributed by atoms with Crippen molar-refractivity contribution in [2.45, 2.75) is 13.8 Å². The number of benzene rings is 1. The van der Waals surface area contributed by atoms with Gasteiger partial charge in [-0.3, -0.25) is 9.99 Å². The van der Waals surface area contributed by atoms with Crippen LogP contribution in [0.15, 0.2) is 29.3 Å². The van der Waals surface area contributed by atoms with Crippen LogP contribution in [-0.4, -0.2) is 21.6 Å². The predicted octanol–water partition coefficient (Wildman–Crippen LogP) is 0.791. The van der Waals surface area contributed by atoms with Gasteiger partial charge >= 0.3 is 5.69 Å². The highest BCUT2D eigenvalue weighted by atomic mass is 16.1. The maximum atomic E-state index is 12.0. The average molecular weight is 245 g/mol. The van der Waals surface area contributed by atoms with E-state index in [0.717, 1.165) is 16.8 Å². The monoisotopic (exact) mass is 245 g/mol. The Labute approximate surface area is 105 Å². The van der Waals surface area contributed by atoms with Gasteiger partial charge in [-0.25, -0.2) is 15.2 Å². The van der Waals surface area contributed by atoms with E-state index in [1.807, 2.05) is 32.0 Å². The zero-order valence-electron chi connectivity index (χ0n) is 10.6. The first kappa shape index (κ1) is 12.3. The van der Waals surface area contributed by atoms with Gasteiger partial charge in [0.25, 0.3) is 0 Å². The summed E-state index contributed by atoms with van der Waals surface area (Å²) in [5.41, 5.74) is 7.83. The van der Waals surface area contributed by atoms with Crippen LogP contribution in [-0.2, 0) is 0 Å². The molecular weight excluding hydrogens is 230 g/mol. The van der Waals surface area contributed by atoms with E-state index in [9.17, 15) is 4.79 Å². The lowest BCUT2D eigenvalue weighted by Gasteiger charge is -2.11. The Kier molecular flexibility index (Phi) is 3.38. The molecule has 6 nitrogen and oxygen atoms in total. The SMILES string of the molecule is CNNc1ncn(-c2c(C)cccc2C)c(=O)n1. The van der Waals surface area contributed by atoms with Gasteiger partial charge in [-0.1, -0.05) is 18.2 Å². The Bertz CT molecular complexity index is 600. The first-order valence-electron chi connectivity index (χ1n) is 5.58. The molecule has 6 heteroatoms. The Morgan fingerprint density at radius 3 is 2.44 bits per heavy atom. The third-order valence-electron chi connectivity index (χ3n) is 2.62. The van der Waals surface area contributed by atoms with Crippen molar-refractivity contribution in [2.75, 3.05) is 12.5 Å². The van der Waals surface area contributed by atoms with Crippen LogP contribution in [0.25, 0.3) is 5.69 Å². The molecular formula is C12H15N5O. The number of hydrazine groups is 1. The second kappa shape index (κ2) is 4.97. The molecule has 0 aliphatic rings. The van der Waals surface area contributed by atoms with Gasteiger partial charge in [-0.2, -0.15) is 4.98 Å². The molecule has 0 amide bonds. The quantitative estimate of drug-likeness (QED) is 0.782. The van der Waals surface area contributed by atoms with Crippen molar-refractivity contribution < 1.29 is 0 Å². The molecule has 0 saturated carbocycles. The third-order valence-corrected chi connectivity index (χ3v) is 2.62. The topological polar surface area (TPSA) is 71.8 Å². The van der Waals surface area contributed by atoms with E-state index in [1.165, 1.54) is 10.9 Å². The molecule has 0 saturated heterocycles. The minimum Gasteiger partial charge on any atom is -0.290 e. The fourth-order valence-corrected chi connectivity index (χ4v) is 1.85. The summed E-state index contributed by atoms with van der Waals surface area (Å²) in [6.45, 7) is 3.91. The largest absolute Gasteiger partial charge is 0.356 e. The lowest BCUT2D eigenvalue weighted by atomic mass is 10.1. The number of para-hydroxylation sites is 1. The average Bonchev–Trinajstić information content (AvgIpc) is 2.32. The molecule has 0 atom stereocenters. The summed E-state index contributed by atoms with van der Waals surface area (Å²) in [5, 5.41) is 0. The Morgan fingerprint density at radius 2 is 1.89 bits per heavy atom. The van der Waals surface area contributed by atoms with Crippen LogP contribution >= 0.6 is 0 Å². The van der Waals surface area contributed by atoms with Crippen LogP contribution in [0.1, 0.15) is 11.1 Å². The number of hydrogen-bond donors (Lipinski definition) is 2. The normalized spacial score (nSPS) is 10.4. The van der Waals surface area contributed by atoms with Crippen molar-refractivity contribution in [1.82, 2.24) is 20.0 Å². The highest BCUT2D eigenvalue weighted by molar-refractivity contribution is 5.46. The maximum Gasteiger partial charge on any atom is 0.356 e. The molecule has 0 aliphatic heterocycles. The summed E-state index contributed by atoms with van der Waals surface area (Å²) < 4.78 is 1.45. The maximum absolute atomic E-state index is 12.0. The zero-order chi connectivity index (χ0) is 13.1. The first-order valence-corrected chi connectivity index (χ1v) is 5.58. The number of anilines is 1. The summed E-state index contributed by atoms with van der Waals surface area (Å²) in [6.07, 6.45) is 1.48. The molecule has 2 rings (SSSR count). The zero-order valence-corrected chi connectivity index (χ0v) is 10.6. The van der Waals surface area contributed by atoms with Crippen molar-refractivity contribution in [2.24, 2.45) is 0 Å². The molecule has 1 aromatic carbocycles. The van der Waals surface area contributed by atoms with E-state index >= 15 is 0 Å². The molecule has 0 fully saturated rings. The number of aromatic nitrogens is 3. The highest BCUT2D eigenvalue weighted by Gasteiger charge is 2.08. The van der Waals surface area contributed by atoms with Gasteiger partial charge in [0.2, 0.25) is 5.95 Å². The van der Waals surface area contributed by atoms with E-state index in [4.69, 9.17) is 0 Å². The van der Waals surface area contributed by atoms with E-state index in [1.54, 1.807) is 7.05 Å². The van der Waals surface area contributed by atoms with Crippen LogP contribution in [0.3, 0.4) is 0 Å². The summed E-state index contributed by atoms with van der Waals surface area (Å²) in [4.78, 5) is 19.9. The van der Waals surface area contributed by atoms with Crippen molar-refractivity contribution >= 4 is 5.95 Å². The van der Waals surface area contributed by atoms with Crippen LogP contribution in [0, 0.1) is 13.8 Å². The molecule has 2 aromatic rings. The Morgan fingerprint density at radius 1 is 1.22 bits per heavy atom. The summed E-state index contributed by atoms with van der Waals surface area (Å²) in [5.74, 6) is 0.255. The van der Waals surface area contributed by atoms with Crippen LogP contribution in [0.5, 0.6) is 0 Å². The van der Waals surface area contributed by atoms with Crippen molar-refractivity contribution in [3.05, 3.63) is 46.1 Å². The van der Waals surface area contributed by atoms with Crippen molar-refractivity contribution in [3.63, 3.8) is 0 Å². The van der Waals surface area contributed by atoms with Gasteiger partial charge in [0.1, 0.15) is 6.33 Å².